The molecule has 0 radical (unpaired) electrons. The lowest BCUT2D eigenvalue weighted by atomic mass is 10.0. The second-order valence-electron chi connectivity index (χ2n) is 5.46. The van der Waals surface area contributed by atoms with Crippen molar-refractivity contribution in [2.24, 2.45) is 5.73 Å². The molecule has 112 valence electrons. The van der Waals surface area contributed by atoms with Crippen molar-refractivity contribution in [2.75, 3.05) is 6.54 Å². The van der Waals surface area contributed by atoms with Crippen LogP contribution in [0.15, 0.2) is 30.3 Å². The molecule has 1 saturated heterocycles. The summed E-state index contributed by atoms with van der Waals surface area (Å²) in [5.74, 6) is 0.288. The number of carbonyl (C=O) groups excluding carboxylic acids is 2. The first kappa shape index (κ1) is 13.3. The molecule has 3 heterocycles. The summed E-state index contributed by atoms with van der Waals surface area (Å²) in [5, 5.41) is 0. The summed E-state index contributed by atoms with van der Waals surface area (Å²) >= 11 is 1.45. The van der Waals surface area contributed by atoms with Crippen molar-refractivity contribution in [1.29, 1.82) is 0 Å². The van der Waals surface area contributed by atoms with Gasteiger partial charge >= 0.3 is 0 Å². The van der Waals surface area contributed by atoms with Gasteiger partial charge in [-0.3, -0.25) is 9.59 Å². The van der Waals surface area contributed by atoms with Gasteiger partial charge in [0.15, 0.2) is 0 Å². The number of hydrogen-bond donors (Lipinski definition) is 1. The van der Waals surface area contributed by atoms with Crippen LogP contribution in [0.5, 0.6) is 5.75 Å². The van der Waals surface area contributed by atoms with E-state index >= 15 is 0 Å². The first-order valence-corrected chi connectivity index (χ1v) is 7.92. The number of likely N-dealkylation sites (tertiary alicyclic amines) is 1. The van der Waals surface area contributed by atoms with Crippen LogP contribution in [-0.4, -0.2) is 29.3 Å². The summed E-state index contributed by atoms with van der Waals surface area (Å²) in [5.41, 5.74) is 7.35. The van der Waals surface area contributed by atoms with Crippen LogP contribution in [0, 0.1) is 0 Å². The van der Waals surface area contributed by atoms with E-state index in [4.69, 9.17) is 10.5 Å². The smallest absolute Gasteiger partial charge is 0.264 e. The molecule has 2 aliphatic rings. The SMILES string of the molecule is NC(=O)C1CCN1C(=O)c1cc2c(s1)-c1ccccc1OC2. The average Bonchev–Trinajstić information content (AvgIpc) is 2.90. The van der Waals surface area contributed by atoms with Crippen molar-refractivity contribution in [3.63, 3.8) is 0 Å². The Labute approximate surface area is 131 Å². The summed E-state index contributed by atoms with van der Waals surface area (Å²) in [4.78, 5) is 27.1. The van der Waals surface area contributed by atoms with Crippen LogP contribution in [0.4, 0.5) is 0 Å². The van der Waals surface area contributed by atoms with Crippen molar-refractivity contribution in [3.05, 3.63) is 40.8 Å². The fraction of sp³-hybridized carbons (Fsp3) is 0.250. The van der Waals surface area contributed by atoms with E-state index in [-0.39, 0.29) is 5.91 Å². The Kier molecular flexibility index (Phi) is 2.94. The molecule has 0 saturated carbocycles. The minimum atomic E-state index is -0.463. The Balaban J connectivity index is 1.68. The van der Waals surface area contributed by atoms with Crippen LogP contribution in [-0.2, 0) is 11.4 Å². The molecule has 2 aliphatic heterocycles. The number of benzene rings is 1. The van der Waals surface area contributed by atoms with Crippen LogP contribution in [0.3, 0.4) is 0 Å². The molecular formula is C16H14N2O3S. The maximum absolute atomic E-state index is 12.6. The fourth-order valence-electron chi connectivity index (χ4n) is 2.87. The van der Waals surface area contributed by atoms with E-state index in [0.29, 0.717) is 24.4 Å². The predicted octanol–water partition coefficient (Wildman–Crippen LogP) is 2.01. The van der Waals surface area contributed by atoms with E-state index in [1.807, 2.05) is 30.3 Å². The highest BCUT2D eigenvalue weighted by molar-refractivity contribution is 7.17. The molecule has 0 bridgehead atoms. The number of fused-ring (bicyclic) bond motifs is 3. The molecule has 22 heavy (non-hydrogen) atoms. The predicted molar refractivity (Wildman–Crippen MR) is 82.7 cm³/mol. The summed E-state index contributed by atoms with van der Waals surface area (Å²) in [6.07, 6.45) is 0.651. The third-order valence-corrected chi connectivity index (χ3v) is 5.34. The van der Waals surface area contributed by atoms with E-state index in [9.17, 15) is 9.59 Å². The molecular weight excluding hydrogens is 300 g/mol. The van der Waals surface area contributed by atoms with E-state index in [2.05, 4.69) is 0 Å². The van der Waals surface area contributed by atoms with Crippen molar-refractivity contribution >= 4 is 23.2 Å². The molecule has 5 nitrogen and oxygen atoms in total. The number of carbonyl (C=O) groups is 2. The first-order valence-electron chi connectivity index (χ1n) is 7.10. The van der Waals surface area contributed by atoms with Gasteiger partial charge in [-0.2, -0.15) is 0 Å². The second kappa shape index (κ2) is 4.84. The maximum atomic E-state index is 12.6. The number of ether oxygens (including phenoxy) is 1. The summed E-state index contributed by atoms with van der Waals surface area (Å²) in [6.45, 7) is 1.05. The van der Waals surface area contributed by atoms with Crippen LogP contribution >= 0.6 is 11.3 Å². The van der Waals surface area contributed by atoms with Gasteiger partial charge in [0, 0.05) is 22.5 Å². The van der Waals surface area contributed by atoms with Crippen molar-refractivity contribution < 1.29 is 14.3 Å². The summed E-state index contributed by atoms with van der Waals surface area (Å²) in [7, 11) is 0. The zero-order chi connectivity index (χ0) is 15.3. The highest BCUT2D eigenvalue weighted by atomic mass is 32.1. The van der Waals surface area contributed by atoms with Gasteiger partial charge < -0.3 is 15.4 Å². The van der Waals surface area contributed by atoms with Crippen LogP contribution in [0.25, 0.3) is 10.4 Å². The van der Waals surface area contributed by atoms with Gasteiger partial charge in [-0.05, 0) is 24.6 Å². The van der Waals surface area contributed by atoms with Gasteiger partial charge in [-0.25, -0.2) is 0 Å². The highest BCUT2D eigenvalue weighted by Crippen LogP contribution is 2.42. The Morgan fingerprint density at radius 1 is 1.32 bits per heavy atom. The molecule has 1 atom stereocenters. The molecule has 2 N–H and O–H groups in total. The lowest BCUT2D eigenvalue weighted by Crippen LogP contribution is -2.57. The number of nitrogens with zero attached hydrogens (tertiary/aromatic N) is 1. The zero-order valence-corrected chi connectivity index (χ0v) is 12.6. The zero-order valence-electron chi connectivity index (χ0n) is 11.7. The first-order chi connectivity index (χ1) is 10.6. The number of nitrogens with two attached hydrogens (primary N) is 1. The number of rotatable bonds is 2. The highest BCUT2D eigenvalue weighted by Gasteiger charge is 2.37. The van der Waals surface area contributed by atoms with Crippen molar-refractivity contribution in [1.82, 2.24) is 4.90 Å². The van der Waals surface area contributed by atoms with Crippen LogP contribution in [0.1, 0.15) is 21.7 Å². The lowest BCUT2D eigenvalue weighted by molar-refractivity contribution is -0.125. The lowest BCUT2D eigenvalue weighted by Gasteiger charge is -2.38. The van der Waals surface area contributed by atoms with Gasteiger partial charge in [0.2, 0.25) is 5.91 Å². The Hall–Kier alpha value is -2.34. The minimum Gasteiger partial charge on any atom is -0.488 e. The number of para-hydroxylation sites is 1. The number of hydrogen-bond acceptors (Lipinski definition) is 4. The largest absolute Gasteiger partial charge is 0.488 e. The number of thiophene rings is 1. The van der Waals surface area contributed by atoms with Gasteiger partial charge in [0.1, 0.15) is 18.4 Å². The average molecular weight is 314 g/mol. The quantitative estimate of drug-likeness (QED) is 0.921. The number of primary amides is 1. The van der Waals surface area contributed by atoms with Crippen molar-refractivity contribution in [2.45, 2.75) is 19.1 Å². The summed E-state index contributed by atoms with van der Waals surface area (Å²) in [6, 6.07) is 9.22. The van der Waals surface area contributed by atoms with E-state index in [1.165, 1.54) is 11.3 Å². The molecule has 1 aromatic heterocycles. The van der Waals surface area contributed by atoms with Crippen molar-refractivity contribution in [3.8, 4) is 16.2 Å². The van der Waals surface area contributed by atoms with Gasteiger partial charge in [0.25, 0.3) is 5.91 Å². The number of amides is 2. The third kappa shape index (κ3) is 1.91. The minimum absolute atomic E-state index is 0.119. The molecule has 4 rings (SSSR count). The standard InChI is InChI=1S/C16H14N2O3S/c17-15(19)11-5-6-18(11)16(20)13-7-9-8-21-12-4-2-1-3-10(12)14(9)22-13/h1-4,7,11H,5-6,8H2,(H2,17,19). The van der Waals surface area contributed by atoms with E-state index in [0.717, 1.165) is 21.8 Å². The van der Waals surface area contributed by atoms with Gasteiger partial charge in [0.05, 0.1) is 4.88 Å². The Morgan fingerprint density at radius 3 is 2.86 bits per heavy atom. The maximum Gasteiger partial charge on any atom is 0.264 e. The molecule has 1 fully saturated rings. The normalized spacial score (nSPS) is 18.7. The fourth-order valence-corrected chi connectivity index (χ4v) is 4.03. The third-order valence-electron chi connectivity index (χ3n) is 4.14. The molecule has 2 aromatic rings. The molecule has 0 aliphatic carbocycles. The molecule has 1 aromatic carbocycles. The molecule has 0 spiro atoms. The van der Waals surface area contributed by atoms with Crippen LogP contribution in [0.2, 0.25) is 0 Å². The Bertz CT molecular complexity index is 783. The van der Waals surface area contributed by atoms with Gasteiger partial charge in [-0.1, -0.05) is 12.1 Å². The Morgan fingerprint density at radius 2 is 2.14 bits per heavy atom. The molecule has 1 unspecified atom stereocenters. The second-order valence-corrected chi connectivity index (χ2v) is 6.51. The molecule has 2 amide bonds. The van der Waals surface area contributed by atoms with E-state index < -0.39 is 11.9 Å². The van der Waals surface area contributed by atoms with Crippen LogP contribution < -0.4 is 10.5 Å². The molecule has 6 heteroatoms. The topological polar surface area (TPSA) is 72.6 Å². The van der Waals surface area contributed by atoms with Gasteiger partial charge in [-0.15, -0.1) is 11.3 Å². The monoisotopic (exact) mass is 314 g/mol. The van der Waals surface area contributed by atoms with E-state index in [1.54, 1.807) is 4.90 Å². The summed E-state index contributed by atoms with van der Waals surface area (Å²) < 4.78 is 5.71.